The van der Waals surface area contributed by atoms with E-state index in [9.17, 15) is 18.0 Å². The normalized spacial score (nSPS) is 8.48. The second-order valence-electron chi connectivity index (χ2n) is 3.14. The number of esters is 2. The number of carbonyl (C=O) groups excluding carboxylic acids is 2. The number of ether oxygens (including phenoxy) is 2. The molecule has 0 saturated heterocycles. The van der Waals surface area contributed by atoms with E-state index < -0.39 is 38.1 Å². The molecule has 103 valence electrons. The molecule has 7 nitrogen and oxygen atoms in total. The summed E-state index contributed by atoms with van der Waals surface area (Å²) in [5, 5.41) is 0. The van der Waals surface area contributed by atoms with E-state index >= 15 is 0 Å². The number of rotatable bonds is 3. The fourth-order valence-corrected chi connectivity index (χ4v) is 2.21. The van der Waals surface area contributed by atoms with Crippen molar-refractivity contribution >= 4 is 170 Å². The van der Waals surface area contributed by atoms with Crippen LogP contribution in [-0.4, -0.2) is 187 Å². The zero-order valence-electron chi connectivity index (χ0n) is 14.5. The molecule has 0 saturated carbocycles. The van der Waals surface area contributed by atoms with Gasteiger partial charge in [0, 0.05) is 148 Å². The summed E-state index contributed by atoms with van der Waals surface area (Å²) >= 11 is 0. The van der Waals surface area contributed by atoms with Crippen LogP contribution in [0.2, 0.25) is 0 Å². The van der Waals surface area contributed by atoms with Crippen molar-refractivity contribution in [2.45, 2.75) is 4.90 Å². The molecule has 1 aromatic rings. The van der Waals surface area contributed by atoms with Crippen molar-refractivity contribution in [2.75, 3.05) is 14.2 Å². The van der Waals surface area contributed by atoms with Gasteiger partial charge in [-0.1, -0.05) is 6.07 Å². The summed E-state index contributed by atoms with van der Waals surface area (Å²) < 4.78 is 40.4. The van der Waals surface area contributed by atoms with Crippen LogP contribution in [0.25, 0.3) is 0 Å². The van der Waals surface area contributed by atoms with Gasteiger partial charge in [0.05, 0.1) is 25.3 Å². The van der Waals surface area contributed by atoms with Gasteiger partial charge in [0.25, 0.3) is 10.1 Å². The maximum atomic E-state index is 11.4. The van der Waals surface area contributed by atoms with Gasteiger partial charge in [-0.2, -0.15) is 8.42 Å². The third-order valence-corrected chi connectivity index (χ3v) is 3.04. The van der Waals surface area contributed by atoms with Crippen LogP contribution >= 0.6 is 0 Å². The van der Waals surface area contributed by atoms with Crippen molar-refractivity contribution in [3.05, 3.63) is 29.3 Å². The Balaban J connectivity index is -0.000000216. The minimum absolute atomic E-state index is 0. The SMILES string of the molecule is COC(=O)c1cccc(C(=O)OC)c1S(=O)(=O)O.[Na].[Na].[Na].[Na].[Na]. The molecule has 13 heteroatoms. The Labute approximate surface area is 245 Å². The van der Waals surface area contributed by atoms with E-state index in [0.717, 1.165) is 26.4 Å². The second-order valence-corrected chi connectivity index (χ2v) is 4.50. The molecule has 0 amide bonds. The van der Waals surface area contributed by atoms with Gasteiger partial charge in [-0.3, -0.25) is 4.55 Å². The van der Waals surface area contributed by atoms with Crippen molar-refractivity contribution in [1.29, 1.82) is 0 Å². The van der Waals surface area contributed by atoms with E-state index in [1.165, 1.54) is 6.07 Å². The molecule has 0 heterocycles. The Morgan fingerprint density at radius 3 is 1.39 bits per heavy atom. The molecule has 1 N–H and O–H groups in total. The van der Waals surface area contributed by atoms with Gasteiger partial charge in [-0.05, 0) is 12.1 Å². The van der Waals surface area contributed by atoms with Gasteiger partial charge in [0.2, 0.25) is 0 Å². The summed E-state index contributed by atoms with van der Waals surface area (Å²) in [6, 6.07) is 3.50. The predicted molar refractivity (Wildman–Crippen MR) is 87.7 cm³/mol. The molecule has 1 aromatic carbocycles. The van der Waals surface area contributed by atoms with Crippen LogP contribution in [0.3, 0.4) is 0 Å². The Hall–Kier alpha value is 3.07. The molecule has 0 fully saturated rings. The quantitative estimate of drug-likeness (QED) is 0.385. The third kappa shape index (κ3) is 10.8. The van der Waals surface area contributed by atoms with Crippen molar-refractivity contribution in [3.8, 4) is 0 Å². The third-order valence-electron chi connectivity index (χ3n) is 2.08. The van der Waals surface area contributed by atoms with Crippen molar-refractivity contribution < 1.29 is 32.0 Å². The number of benzene rings is 1. The van der Waals surface area contributed by atoms with Crippen LogP contribution < -0.4 is 0 Å². The first-order valence-corrected chi connectivity index (χ1v) is 6.04. The molecule has 23 heavy (non-hydrogen) atoms. The van der Waals surface area contributed by atoms with Crippen molar-refractivity contribution in [2.24, 2.45) is 0 Å². The number of methoxy groups -OCH3 is 2. The molecule has 0 atom stereocenters. The molecule has 0 unspecified atom stereocenters. The molecule has 0 aliphatic heterocycles. The summed E-state index contributed by atoms with van der Waals surface area (Å²) in [5.41, 5.74) is -0.884. The van der Waals surface area contributed by atoms with Crippen LogP contribution in [0, 0.1) is 0 Å². The molecule has 0 aliphatic rings. The average molecular weight is 389 g/mol. The second kappa shape index (κ2) is 17.2. The molecule has 1 rings (SSSR count). The van der Waals surface area contributed by atoms with Crippen LogP contribution in [0.15, 0.2) is 23.1 Å². The molecular weight excluding hydrogens is 379 g/mol. The summed E-state index contributed by atoms with van der Waals surface area (Å²) in [7, 11) is -2.69. The van der Waals surface area contributed by atoms with Crippen molar-refractivity contribution in [1.82, 2.24) is 0 Å². The topological polar surface area (TPSA) is 107 Å². The largest absolute Gasteiger partial charge is 0.465 e. The summed E-state index contributed by atoms with van der Waals surface area (Å²) in [6.07, 6.45) is 0. The Bertz CT molecular complexity index is 571. The maximum absolute atomic E-state index is 11.4. The Morgan fingerprint density at radius 1 is 0.870 bits per heavy atom. The van der Waals surface area contributed by atoms with Gasteiger partial charge in [0.1, 0.15) is 4.90 Å². The number of hydrogen-bond donors (Lipinski definition) is 1. The van der Waals surface area contributed by atoms with Crippen LogP contribution in [0.1, 0.15) is 20.7 Å². The van der Waals surface area contributed by atoms with Gasteiger partial charge in [-0.25, -0.2) is 9.59 Å². The molecule has 0 aromatic heterocycles. The average Bonchev–Trinajstić information content (AvgIpc) is 2.34. The van der Waals surface area contributed by atoms with Gasteiger partial charge >= 0.3 is 11.9 Å². The molecule has 0 bridgehead atoms. The number of hydrogen-bond acceptors (Lipinski definition) is 6. The zero-order valence-corrected chi connectivity index (χ0v) is 25.4. The van der Waals surface area contributed by atoms with E-state index in [-0.39, 0.29) is 148 Å². The van der Waals surface area contributed by atoms with Crippen LogP contribution in [0.4, 0.5) is 0 Å². The standard InChI is InChI=1S/C10H10O7S.5Na/c1-16-9(11)6-4-3-5-7(10(12)17-2)8(6)18(13,14)15;;;;;/h3-5H,1-2H3,(H,13,14,15);;;;;. The first kappa shape index (κ1) is 36.9. The van der Waals surface area contributed by atoms with Crippen LogP contribution in [0.5, 0.6) is 0 Å². The summed E-state index contributed by atoms with van der Waals surface area (Å²) in [4.78, 5) is 22.0. The van der Waals surface area contributed by atoms with E-state index in [1.54, 1.807) is 0 Å². The zero-order chi connectivity index (χ0) is 13.9. The fourth-order valence-electron chi connectivity index (χ4n) is 1.36. The monoisotopic (exact) mass is 389 g/mol. The molecule has 0 spiro atoms. The van der Waals surface area contributed by atoms with Crippen molar-refractivity contribution in [3.63, 3.8) is 0 Å². The van der Waals surface area contributed by atoms with E-state index in [4.69, 9.17) is 4.55 Å². The summed E-state index contributed by atoms with van der Waals surface area (Å²) in [5.74, 6) is -1.98. The van der Waals surface area contributed by atoms with Gasteiger partial charge < -0.3 is 9.47 Å². The smallest absolute Gasteiger partial charge is 0.339 e. The van der Waals surface area contributed by atoms with Crippen LogP contribution in [-0.2, 0) is 19.6 Å². The van der Waals surface area contributed by atoms with Gasteiger partial charge in [0.15, 0.2) is 0 Å². The summed E-state index contributed by atoms with van der Waals surface area (Å²) in [6.45, 7) is 0. The maximum Gasteiger partial charge on any atom is 0.339 e. The predicted octanol–water partition coefficient (Wildman–Crippen LogP) is -1.40. The Morgan fingerprint density at radius 2 is 1.17 bits per heavy atom. The van der Waals surface area contributed by atoms with E-state index in [2.05, 4.69) is 9.47 Å². The Kier molecular flexibility index (Phi) is 27.6. The van der Waals surface area contributed by atoms with E-state index in [1.807, 2.05) is 0 Å². The van der Waals surface area contributed by atoms with Gasteiger partial charge in [-0.15, -0.1) is 0 Å². The first-order chi connectivity index (χ1) is 8.32. The molecule has 5 radical (unpaired) electrons. The fraction of sp³-hybridized carbons (Fsp3) is 0.200. The molecular formula is C10H10Na5O7S. The first-order valence-electron chi connectivity index (χ1n) is 4.60. The van der Waals surface area contributed by atoms with E-state index in [0.29, 0.717) is 0 Å². The number of carbonyl (C=O) groups is 2. The minimum atomic E-state index is -4.78. The molecule has 0 aliphatic carbocycles. The minimum Gasteiger partial charge on any atom is -0.465 e.